The molecule has 0 spiro atoms. The number of alkyl carbamates (subject to hydrolysis) is 1. The maximum absolute atomic E-state index is 13.2. The number of piperidine rings is 1. The van der Waals surface area contributed by atoms with Gasteiger partial charge in [0.15, 0.2) is 0 Å². The van der Waals surface area contributed by atoms with E-state index in [4.69, 9.17) is 4.74 Å². The van der Waals surface area contributed by atoms with Gasteiger partial charge in [-0.25, -0.2) is 13.6 Å². The van der Waals surface area contributed by atoms with Crippen molar-refractivity contribution in [3.8, 4) is 11.1 Å². The minimum Gasteiger partial charge on any atom is -0.481 e. The first-order valence-corrected chi connectivity index (χ1v) is 11.7. The summed E-state index contributed by atoms with van der Waals surface area (Å²) >= 11 is 0. The summed E-state index contributed by atoms with van der Waals surface area (Å²) in [5.41, 5.74) is 4.11. The molecule has 2 aliphatic rings. The molecule has 3 unspecified atom stereocenters. The van der Waals surface area contributed by atoms with Crippen LogP contribution in [0.4, 0.5) is 13.6 Å². The van der Waals surface area contributed by atoms with Gasteiger partial charge in [-0.05, 0) is 34.6 Å². The lowest BCUT2D eigenvalue weighted by Crippen LogP contribution is -2.54. The quantitative estimate of drug-likeness (QED) is 0.614. The molecule has 2 aromatic carbocycles. The van der Waals surface area contributed by atoms with Gasteiger partial charge in [0, 0.05) is 25.4 Å². The van der Waals surface area contributed by atoms with Gasteiger partial charge >= 0.3 is 12.1 Å². The number of carboxylic acids is 1. The third-order valence-electron chi connectivity index (χ3n) is 6.93. The number of fused-ring (bicyclic) bond motifs is 3. The van der Waals surface area contributed by atoms with Crippen LogP contribution in [0.15, 0.2) is 48.5 Å². The molecule has 1 heterocycles. The number of carboxylic acid groups (broad SMARTS) is 1. The van der Waals surface area contributed by atoms with Crippen molar-refractivity contribution < 1.29 is 33.0 Å². The average molecular weight is 487 g/mol. The van der Waals surface area contributed by atoms with Crippen molar-refractivity contribution >= 4 is 18.0 Å². The predicted molar refractivity (Wildman–Crippen MR) is 124 cm³/mol. The SMILES string of the molecule is CC1CCN(C(=O)C(CC(F)F)NC(=O)OCC2c3ccccc3-c3ccccc32)CC1C(=O)O. The standard InChI is InChI=1S/C26H28F2N2O5/c1-15-10-11-30(13-20(15)25(32)33)24(31)22(12-23(27)28)29-26(34)35-14-21-18-8-4-2-6-16(18)17-7-3-5-9-19(17)21/h2-9,15,20-23H,10-14H2,1H3,(H,29,34)(H,32,33). The largest absolute Gasteiger partial charge is 0.481 e. The van der Waals surface area contributed by atoms with E-state index in [1.165, 1.54) is 4.90 Å². The summed E-state index contributed by atoms with van der Waals surface area (Å²) in [6.07, 6.45) is -4.25. The third kappa shape index (κ3) is 5.28. The Morgan fingerprint density at radius 2 is 1.69 bits per heavy atom. The summed E-state index contributed by atoms with van der Waals surface area (Å²) in [5, 5.41) is 11.7. The van der Waals surface area contributed by atoms with Crippen molar-refractivity contribution in [3.05, 3.63) is 59.7 Å². The summed E-state index contributed by atoms with van der Waals surface area (Å²) in [7, 11) is 0. The fourth-order valence-electron chi connectivity index (χ4n) is 4.99. The predicted octanol–water partition coefficient (Wildman–Crippen LogP) is 4.12. The van der Waals surface area contributed by atoms with Crippen LogP contribution in [0, 0.1) is 11.8 Å². The van der Waals surface area contributed by atoms with Crippen molar-refractivity contribution in [3.63, 3.8) is 0 Å². The molecule has 4 rings (SSSR count). The average Bonchev–Trinajstić information content (AvgIpc) is 3.15. The van der Waals surface area contributed by atoms with Crippen LogP contribution < -0.4 is 5.32 Å². The Bertz CT molecular complexity index is 1060. The molecular weight excluding hydrogens is 458 g/mol. The highest BCUT2D eigenvalue weighted by Crippen LogP contribution is 2.44. The number of hydrogen-bond donors (Lipinski definition) is 2. The van der Waals surface area contributed by atoms with Gasteiger partial charge in [-0.15, -0.1) is 0 Å². The molecule has 186 valence electrons. The molecule has 35 heavy (non-hydrogen) atoms. The van der Waals surface area contributed by atoms with E-state index in [9.17, 15) is 28.3 Å². The number of benzene rings is 2. The summed E-state index contributed by atoms with van der Waals surface area (Å²) in [6.45, 7) is 1.93. The third-order valence-corrected chi connectivity index (χ3v) is 6.93. The Morgan fingerprint density at radius 1 is 1.09 bits per heavy atom. The number of nitrogens with zero attached hydrogens (tertiary/aromatic N) is 1. The van der Waals surface area contributed by atoms with Crippen LogP contribution in [0.2, 0.25) is 0 Å². The summed E-state index contributed by atoms with van der Waals surface area (Å²) in [6, 6.07) is 14.1. The molecule has 1 saturated heterocycles. The van der Waals surface area contributed by atoms with Crippen LogP contribution in [-0.2, 0) is 14.3 Å². The number of carbonyl (C=O) groups is 3. The van der Waals surface area contributed by atoms with E-state index >= 15 is 0 Å². The first kappa shape index (κ1) is 24.6. The van der Waals surface area contributed by atoms with Gasteiger partial charge in [-0.1, -0.05) is 55.5 Å². The van der Waals surface area contributed by atoms with E-state index < -0.39 is 42.8 Å². The number of carbonyl (C=O) groups excluding carboxylic acids is 2. The Labute approximate surface area is 202 Å². The molecule has 0 aromatic heterocycles. The lowest BCUT2D eigenvalue weighted by Gasteiger charge is -2.36. The maximum Gasteiger partial charge on any atom is 0.407 e. The number of ether oxygens (including phenoxy) is 1. The molecule has 7 nitrogen and oxygen atoms in total. The second kappa shape index (κ2) is 10.4. The van der Waals surface area contributed by atoms with Gasteiger partial charge in [0.1, 0.15) is 12.6 Å². The van der Waals surface area contributed by atoms with Crippen LogP contribution in [0.1, 0.15) is 36.8 Å². The smallest absolute Gasteiger partial charge is 0.407 e. The highest BCUT2D eigenvalue weighted by Gasteiger charge is 2.37. The molecule has 0 saturated carbocycles. The number of nitrogens with one attached hydrogen (secondary N) is 1. The molecule has 2 amide bonds. The Balaban J connectivity index is 1.42. The number of hydrogen-bond acceptors (Lipinski definition) is 4. The number of amides is 2. The molecule has 1 aliphatic heterocycles. The molecule has 0 radical (unpaired) electrons. The van der Waals surface area contributed by atoms with E-state index in [0.29, 0.717) is 6.42 Å². The Kier molecular flexibility index (Phi) is 7.33. The number of aliphatic carboxylic acids is 1. The lowest BCUT2D eigenvalue weighted by molar-refractivity contribution is -0.148. The first-order valence-electron chi connectivity index (χ1n) is 11.7. The monoisotopic (exact) mass is 486 g/mol. The second-order valence-corrected chi connectivity index (χ2v) is 9.14. The zero-order chi connectivity index (χ0) is 25.1. The topological polar surface area (TPSA) is 95.9 Å². The van der Waals surface area contributed by atoms with E-state index in [-0.39, 0.29) is 31.5 Å². The zero-order valence-corrected chi connectivity index (χ0v) is 19.3. The fourth-order valence-corrected chi connectivity index (χ4v) is 4.99. The van der Waals surface area contributed by atoms with Crippen molar-refractivity contribution in [2.24, 2.45) is 11.8 Å². The normalized spacial score (nSPS) is 20.2. The fraction of sp³-hybridized carbons (Fsp3) is 0.423. The molecule has 2 aromatic rings. The van der Waals surface area contributed by atoms with Crippen molar-refractivity contribution in [2.75, 3.05) is 19.7 Å². The molecule has 0 bridgehead atoms. The van der Waals surface area contributed by atoms with Crippen LogP contribution in [0.25, 0.3) is 11.1 Å². The van der Waals surface area contributed by atoms with E-state index in [2.05, 4.69) is 5.32 Å². The van der Waals surface area contributed by atoms with Gasteiger partial charge in [-0.3, -0.25) is 9.59 Å². The van der Waals surface area contributed by atoms with Gasteiger partial charge in [0.05, 0.1) is 5.92 Å². The Hall–Kier alpha value is -3.49. The minimum atomic E-state index is -2.84. The van der Waals surface area contributed by atoms with Gasteiger partial charge in [0.25, 0.3) is 0 Å². The first-order chi connectivity index (χ1) is 16.8. The van der Waals surface area contributed by atoms with Crippen molar-refractivity contribution in [1.29, 1.82) is 0 Å². The summed E-state index contributed by atoms with van der Waals surface area (Å²) in [4.78, 5) is 38.3. The van der Waals surface area contributed by atoms with E-state index in [1.54, 1.807) is 6.92 Å². The number of likely N-dealkylation sites (tertiary alicyclic amines) is 1. The second-order valence-electron chi connectivity index (χ2n) is 9.14. The number of rotatable bonds is 7. The maximum atomic E-state index is 13.2. The molecule has 9 heteroatoms. The van der Waals surface area contributed by atoms with Crippen LogP contribution >= 0.6 is 0 Å². The number of alkyl halides is 2. The van der Waals surface area contributed by atoms with Crippen LogP contribution in [-0.4, -0.2) is 60.1 Å². The molecule has 2 N–H and O–H groups in total. The summed E-state index contributed by atoms with van der Waals surface area (Å²) in [5.74, 6) is -2.89. The molecular formula is C26H28F2N2O5. The van der Waals surface area contributed by atoms with E-state index in [0.717, 1.165) is 22.3 Å². The van der Waals surface area contributed by atoms with Crippen molar-refractivity contribution in [1.82, 2.24) is 10.2 Å². The van der Waals surface area contributed by atoms with Gasteiger partial charge < -0.3 is 20.1 Å². The molecule has 1 fully saturated rings. The van der Waals surface area contributed by atoms with Gasteiger partial charge in [-0.2, -0.15) is 0 Å². The van der Waals surface area contributed by atoms with Crippen LogP contribution in [0.3, 0.4) is 0 Å². The van der Waals surface area contributed by atoms with Gasteiger partial charge in [0.2, 0.25) is 12.3 Å². The molecule has 3 atom stereocenters. The lowest BCUT2D eigenvalue weighted by atomic mass is 9.87. The molecule has 1 aliphatic carbocycles. The zero-order valence-electron chi connectivity index (χ0n) is 19.3. The highest BCUT2D eigenvalue weighted by molar-refractivity contribution is 5.86. The minimum absolute atomic E-state index is 0.0161. The highest BCUT2D eigenvalue weighted by atomic mass is 19.3. The number of halogens is 2. The van der Waals surface area contributed by atoms with Crippen LogP contribution in [0.5, 0.6) is 0 Å². The van der Waals surface area contributed by atoms with Crippen molar-refractivity contribution in [2.45, 2.75) is 38.2 Å². The summed E-state index contributed by atoms with van der Waals surface area (Å²) < 4.78 is 31.9. The van der Waals surface area contributed by atoms with E-state index in [1.807, 2.05) is 48.5 Å². The Morgan fingerprint density at radius 3 is 2.26 bits per heavy atom.